The van der Waals surface area contributed by atoms with Crippen LogP contribution in [0.1, 0.15) is 31.9 Å². The molecule has 7 heteroatoms. The maximum absolute atomic E-state index is 12.7. The van der Waals surface area contributed by atoms with Crippen LogP contribution in [0.4, 0.5) is 0 Å². The van der Waals surface area contributed by atoms with E-state index in [1.165, 1.54) is 19.4 Å². The van der Waals surface area contributed by atoms with Gasteiger partial charge >= 0.3 is 5.97 Å². The van der Waals surface area contributed by atoms with Crippen LogP contribution in [-0.2, 0) is 16.1 Å². The minimum absolute atomic E-state index is 0.118. The van der Waals surface area contributed by atoms with Crippen LogP contribution in [0, 0.1) is 5.41 Å². The first-order chi connectivity index (χ1) is 12.1. The summed E-state index contributed by atoms with van der Waals surface area (Å²) in [5.41, 5.74) is -0.711. The smallest absolute Gasteiger partial charge is 0.314 e. The fraction of sp³-hybridized carbons (Fsp3) is 0.667. The molecular formula is C18H26N2O5. The molecule has 0 aromatic carbocycles. The number of rotatable bonds is 5. The molecule has 25 heavy (non-hydrogen) atoms. The Morgan fingerprint density at radius 3 is 3.08 bits per heavy atom. The second-order valence-corrected chi connectivity index (χ2v) is 6.77. The molecule has 3 heterocycles. The highest BCUT2D eigenvalue weighted by Gasteiger charge is 2.51. The molecule has 2 aliphatic heterocycles. The van der Waals surface area contributed by atoms with Crippen molar-refractivity contribution in [2.24, 2.45) is 5.41 Å². The van der Waals surface area contributed by atoms with Crippen molar-refractivity contribution in [3.05, 3.63) is 28.3 Å². The highest BCUT2D eigenvalue weighted by Crippen LogP contribution is 2.39. The summed E-state index contributed by atoms with van der Waals surface area (Å²) in [6, 6.07) is 1.61. The molecule has 3 rings (SSSR count). The lowest BCUT2D eigenvalue weighted by molar-refractivity contribution is -0.164. The van der Waals surface area contributed by atoms with E-state index in [-0.39, 0.29) is 23.2 Å². The first-order valence-corrected chi connectivity index (χ1v) is 8.87. The predicted octanol–water partition coefficient (Wildman–Crippen LogP) is 1.16. The van der Waals surface area contributed by atoms with Crippen LogP contribution in [-0.4, -0.2) is 50.3 Å². The molecule has 1 aromatic heterocycles. The Hall–Kier alpha value is -1.86. The zero-order valence-corrected chi connectivity index (χ0v) is 14.9. The molecule has 0 radical (unpaired) electrons. The van der Waals surface area contributed by atoms with Gasteiger partial charge in [-0.25, -0.2) is 0 Å². The number of likely N-dealkylation sites (tertiary alicyclic amines) is 1. The van der Waals surface area contributed by atoms with Crippen molar-refractivity contribution in [3.63, 3.8) is 0 Å². The fourth-order valence-electron chi connectivity index (χ4n) is 4.02. The number of piperidine rings is 2. The highest BCUT2D eigenvalue weighted by molar-refractivity contribution is 5.78. The minimum Gasteiger partial charge on any atom is -0.490 e. The van der Waals surface area contributed by atoms with E-state index in [4.69, 9.17) is 13.9 Å². The number of carbonyl (C=O) groups excluding carboxylic acids is 1. The number of esters is 1. The van der Waals surface area contributed by atoms with Crippen LogP contribution < -0.4 is 15.5 Å². The van der Waals surface area contributed by atoms with Crippen molar-refractivity contribution in [1.29, 1.82) is 0 Å². The Balaban J connectivity index is 1.76. The van der Waals surface area contributed by atoms with Crippen molar-refractivity contribution in [3.8, 4) is 5.75 Å². The molecule has 1 aromatic rings. The summed E-state index contributed by atoms with van der Waals surface area (Å²) in [6.07, 6.45) is 4.00. The summed E-state index contributed by atoms with van der Waals surface area (Å²) in [5, 5.41) is 3.49. The van der Waals surface area contributed by atoms with Gasteiger partial charge in [-0.3, -0.25) is 14.5 Å². The largest absolute Gasteiger partial charge is 0.490 e. The van der Waals surface area contributed by atoms with Crippen molar-refractivity contribution in [2.75, 3.05) is 33.4 Å². The topological polar surface area (TPSA) is 81.0 Å². The predicted molar refractivity (Wildman–Crippen MR) is 91.5 cm³/mol. The zero-order valence-electron chi connectivity index (χ0n) is 14.9. The first kappa shape index (κ1) is 17.9. The normalized spacial score (nSPS) is 26.7. The van der Waals surface area contributed by atoms with E-state index in [0.717, 1.165) is 32.4 Å². The van der Waals surface area contributed by atoms with Gasteiger partial charge in [-0.1, -0.05) is 0 Å². The van der Waals surface area contributed by atoms with Crippen molar-refractivity contribution < 1.29 is 18.7 Å². The molecule has 0 saturated carbocycles. The second kappa shape index (κ2) is 7.58. The quantitative estimate of drug-likeness (QED) is 0.798. The molecule has 2 fully saturated rings. The van der Waals surface area contributed by atoms with Gasteiger partial charge in [-0.15, -0.1) is 0 Å². The van der Waals surface area contributed by atoms with Crippen LogP contribution in [0.2, 0.25) is 0 Å². The number of carbonyl (C=O) groups is 1. The van der Waals surface area contributed by atoms with Gasteiger partial charge in [0, 0.05) is 25.2 Å². The monoisotopic (exact) mass is 350 g/mol. The molecule has 0 unspecified atom stereocenters. The number of nitrogens with zero attached hydrogens (tertiary/aromatic N) is 1. The molecule has 0 bridgehead atoms. The average molecular weight is 350 g/mol. The van der Waals surface area contributed by atoms with Gasteiger partial charge in [0.1, 0.15) is 12.0 Å². The van der Waals surface area contributed by atoms with E-state index in [1.807, 2.05) is 6.92 Å². The van der Waals surface area contributed by atoms with Gasteiger partial charge in [0.25, 0.3) is 0 Å². The molecule has 7 nitrogen and oxygen atoms in total. The molecule has 0 amide bonds. The zero-order chi connectivity index (χ0) is 17.9. The molecule has 138 valence electrons. The van der Waals surface area contributed by atoms with Crippen molar-refractivity contribution in [2.45, 2.75) is 38.8 Å². The van der Waals surface area contributed by atoms with Gasteiger partial charge in [-0.2, -0.15) is 0 Å². The SMILES string of the molecule is CCOC(=O)[C@@]12CCCN[C@H]1CCN(Cc1cc(=O)c(OC)co1)C2. The maximum atomic E-state index is 12.7. The summed E-state index contributed by atoms with van der Waals surface area (Å²) >= 11 is 0. The number of methoxy groups -OCH3 is 1. The second-order valence-electron chi connectivity index (χ2n) is 6.77. The average Bonchev–Trinajstić information content (AvgIpc) is 2.62. The number of hydrogen-bond donors (Lipinski definition) is 1. The van der Waals surface area contributed by atoms with Crippen LogP contribution in [0.5, 0.6) is 5.75 Å². The minimum atomic E-state index is -0.515. The third-order valence-electron chi connectivity index (χ3n) is 5.23. The van der Waals surface area contributed by atoms with E-state index in [9.17, 15) is 9.59 Å². The summed E-state index contributed by atoms with van der Waals surface area (Å²) < 4.78 is 15.9. The molecule has 0 aliphatic carbocycles. The van der Waals surface area contributed by atoms with E-state index in [2.05, 4.69) is 10.2 Å². The van der Waals surface area contributed by atoms with E-state index < -0.39 is 5.41 Å². The third kappa shape index (κ3) is 3.57. The number of nitrogens with one attached hydrogen (secondary N) is 1. The lowest BCUT2D eigenvalue weighted by atomic mass is 9.70. The fourth-order valence-corrected chi connectivity index (χ4v) is 4.02. The van der Waals surface area contributed by atoms with Crippen LogP contribution in [0.3, 0.4) is 0 Å². The molecule has 1 N–H and O–H groups in total. The third-order valence-corrected chi connectivity index (χ3v) is 5.23. The molecule has 2 aliphatic rings. The lowest BCUT2D eigenvalue weighted by Crippen LogP contribution is -2.63. The van der Waals surface area contributed by atoms with Gasteiger partial charge in [0.2, 0.25) is 11.2 Å². The highest BCUT2D eigenvalue weighted by atomic mass is 16.5. The van der Waals surface area contributed by atoms with Gasteiger partial charge < -0.3 is 19.2 Å². The van der Waals surface area contributed by atoms with Crippen LogP contribution in [0.25, 0.3) is 0 Å². The summed E-state index contributed by atoms with van der Waals surface area (Å²) in [4.78, 5) is 26.8. The standard InChI is InChI=1S/C18H26N2O5/c1-3-24-17(22)18-6-4-7-19-16(18)5-8-20(12-18)10-13-9-14(21)15(23-2)11-25-13/h9,11,16,19H,3-8,10,12H2,1-2H3/t16-,18+/m0/s1. The summed E-state index contributed by atoms with van der Waals surface area (Å²) in [7, 11) is 1.44. The van der Waals surface area contributed by atoms with Crippen LogP contribution >= 0.6 is 0 Å². The number of fused-ring (bicyclic) bond motifs is 1. The van der Waals surface area contributed by atoms with Crippen molar-refractivity contribution >= 4 is 5.97 Å². The van der Waals surface area contributed by atoms with Gasteiger partial charge in [0.15, 0.2) is 0 Å². The van der Waals surface area contributed by atoms with Gasteiger partial charge in [0.05, 0.1) is 25.7 Å². The Morgan fingerprint density at radius 2 is 2.36 bits per heavy atom. The molecule has 0 spiro atoms. The number of hydrogen-bond acceptors (Lipinski definition) is 7. The molecule has 2 saturated heterocycles. The Kier molecular flexibility index (Phi) is 5.44. The van der Waals surface area contributed by atoms with Crippen molar-refractivity contribution in [1.82, 2.24) is 10.2 Å². The molecular weight excluding hydrogens is 324 g/mol. The first-order valence-electron chi connectivity index (χ1n) is 8.87. The maximum Gasteiger partial charge on any atom is 0.314 e. The summed E-state index contributed by atoms with van der Waals surface area (Å²) in [5.74, 6) is 0.655. The van der Waals surface area contributed by atoms with E-state index in [1.54, 1.807) is 0 Å². The van der Waals surface area contributed by atoms with E-state index >= 15 is 0 Å². The Labute approximate surface area is 147 Å². The van der Waals surface area contributed by atoms with Gasteiger partial charge in [-0.05, 0) is 32.7 Å². The Bertz CT molecular complexity index is 674. The lowest BCUT2D eigenvalue weighted by Gasteiger charge is -2.49. The Morgan fingerprint density at radius 1 is 1.52 bits per heavy atom. The number of ether oxygens (including phenoxy) is 2. The molecule has 2 atom stereocenters. The summed E-state index contributed by atoms with van der Waals surface area (Å²) in [6.45, 7) is 5.12. The van der Waals surface area contributed by atoms with Crippen LogP contribution in [0.15, 0.2) is 21.5 Å². The van der Waals surface area contributed by atoms with E-state index in [0.29, 0.717) is 25.5 Å².